The molecular weight excluding hydrogens is 407 g/mol. The van der Waals surface area contributed by atoms with E-state index in [2.05, 4.69) is 0 Å². The molecule has 2 aliphatic rings. The number of benzene rings is 2. The summed E-state index contributed by atoms with van der Waals surface area (Å²) in [6.07, 6.45) is 1.25. The van der Waals surface area contributed by atoms with E-state index in [0.29, 0.717) is 28.5 Å². The molecule has 1 aliphatic carbocycles. The van der Waals surface area contributed by atoms with Crippen molar-refractivity contribution in [3.63, 3.8) is 0 Å². The minimum absolute atomic E-state index is 0.0451. The van der Waals surface area contributed by atoms with Crippen molar-refractivity contribution in [2.45, 2.75) is 31.1 Å². The van der Waals surface area contributed by atoms with Gasteiger partial charge in [0.05, 0.1) is 10.0 Å². The summed E-state index contributed by atoms with van der Waals surface area (Å²) in [6.45, 7) is 0. The quantitative estimate of drug-likeness (QED) is 0.675. The highest BCUT2D eigenvalue weighted by atomic mass is 35.5. The van der Waals surface area contributed by atoms with E-state index in [1.807, 2.05) is 56.6 Å². The molecule has 2 aromatic carbocycles. The lowest BCUT2D eigenvalue weighted by molar-refractivity contribution is -0.143. The van der Waals surface area contributed by atoms with E-state index in [1.165, 1.54) is 0 Å². The lowest BCUT2D eigenvalue weighted by atomic mass is 9.73. The summed E-state index contributed by atoms with van der Waals surface area (Å²) in [5.41, 5.74) is 3.32. The van der Waals surface area contributed by atoms with Gasteiger partial charge in [0, 0.05) is 44.1 Å². The highest BCUT2D eigenvalue weighted by molar-refractivity contribution is 6.42. The van der Waals surface area contributed by atoms with Gasteiger partial charge in [-0.3, -0.25) is 9.59 Å². The Morgan fingerprint density at radius 3 is 2.34 bits per heavy atom. The molecule has 1 aliphatic heterocycles. The molecule has 0 bridgehead atoms. The first-order valence-electron chi connectivity index (χ1n) is 9.63. The van der Waals surface area contributed by atoms with Gasteiger partial charge >= 0.3 is 0 Å². The minimum atomic E-state index is -0.371. The zero-order valence-corrected chi connectivity index (χ0v) is 17.9. The van der Waals surface area contributed by atoms with Crippen molar-refractivity contribution in [2.24, 2.45) is 0 Å². The molecule has 0 fully saturated rings. The van der Waals surface area contributed by atoms with E-state index in [9.17, 15) is 9.59 Å². The van der Waals surface area contributed by atoms with Crippen LogP contribution in [0.4, 0.5) is 0 Å². The van der Waals surface area contributed by atoms with Crippen molar-refractivity contribution in [3.8, 4) is 0 Å². The second-order valence-corrected chi connectivity index (χ2v) is 8.54. The molecule has 4 rings (SSSR count). The average Bonchev–Trinajstić information content (AvgIpc) is 2.69. The fourth-order valence-corrected chi connectivity index (χ4v) is 4.94. The van der Waals surface area contributed by atoms with Crippen molar-refractivity contribution >= 4 is 34.9 Å². The summed E-state index contributed by atoms with van der Waals surface area (Å²) < 4.78 is 0. The van der Waals surface area contributed by atoms with Gasteiger partial charge in [-0.05, 0) is 29.5 Å². The van der Waals surface area contributed by atoms with E-state index in [-0.39, 0.29) is 29.9 Å². The van der Waals surface area contributed by atoms with E-state index < -0.39 is 0 Å². The molecule has 0 radical (unpaired) electrons. The number of carbonyl (C=O) groups excluding carboxylic acids is 2. The number of halogens is 2. The van der Waals surface area contributed by atoms with E-state index in [4.69, 9.17) is 23.2 Å². The van der Waals surface area contributed by atoms with Crippen LogP contribution in [0, 0.1) is 0 Å². The number of hydrogen-bond acceptors (Lipinski definition) is 3. The Bertz CT molecular complexity index is 1000. The number of amides is 1. The molecule has 6 heteroatoms. The molecule has 0 saturated heterocycles. The fourth-order valence-electron chi connectivity index (χ4n) is 4.50. The molecule has 29 heavy (non-hydrogen) atoms. The maximum absolute atomic E-state index is 13.4. The largest absolute Gasteiger partial charge is 0.294 e. The summed E-state index contributed by atoms with van der Waals surface area (Å²) in [6, 6.07) is 15.4. The van der Waals surface area contributed by atoms with Gasteiger partial charge < -0.3 is 0 Å². The summed E-state index contributed by atoms with van der Waals surface area (Å²) in [7, 11) is 3.65. The van der Waals surface area contributed by atoms with E-state index in [0.717, 1.165) is 16.8 Å². The molecule has 1 amide bonds. The second-order valence-electron chi connectivity index (χ2n) is 7.75. The third-order valence-electron chi connectivity index (χ3n) is 5.73. The van der Waals surface area contributed by atoms with Gasteiger partial charge in [0.1, 0.15) is 0 Å². The zero-order chi connectivity index (χ0) is 20.7. The van der Waals surface area contributed by atoms with E-state index in [1.54, 1.807) is 16.1 Å². The topological polar surface area (TPSA) is 40.6 Å². The van der Waals surface area contributed by atoms with Gasteiger partial charge in [-0.15, -0.1) is 0 Å². The fraction of sp³-hybridized carbons (Fsp3) is 0.304. The first-order chi connectivity index (χ1) is 13.9. The van der Waals surface area contributed by atoms with Crippen LogP contribution in [0.5, 0.6) is 0 Å². The third kappa shape index (κ3) is 3.61. The highest BCUT2D eigenvalue weighted by Crippen LogP contribution is 2.47. The maximum atomic E-state index is 13.4. The molecule has 0 spiro atoms. The summed E-state index contributed by atoms with van der Waals surface area (Å²) in [5.74, 6) is -0.299. The number of rotatable bonds is 3. The Morgan fingerprint density at radius 2 is 1.66 bits per heavy atom. The number of hydrazine groups is 1. The summed E-state index contributed by atoms with van der Waals surface area (Å²) >= 11 is 12.7. The maximum Gasteiger partial charge on any atom is 0.242 e. The lowest BCUT2D eigenvalue weighted by Gasteiger charge is -2.42. The molecule has 0 unspecified atom stereocenters. The van der Waals surface area contributed by atoms with Crippen LogP contribution < -0.4 is 0 Å². The van der Waals surface area contributed by atoms with Crippen LogP contribution in [0.1, 0.15) is 42.2 Å². The van der Waals surface area contributed by atoms with Gasteiger partial charge in [-0.2, -0.15) is 0 Å². The highest BCUT2D eigenvalue weighted by Gasteiger charge is 2.43. The molecule has 4 nitrogen and oxygen atoms in total. The van der Waals surface area contributed by atoms with Crippen molar-refractivity contribution in [1.82, 2.24) is 10.0 Å². The van der Waals surface area contributed by atoms with Gasteiger partial charge in [0.2, 0.25) is 5.91 Å². The molecule has 0 N–H and O–H groups in total. The van der Waals surface area contributed by atoms with Crippen LogP contribution in [0.15, 0.2) is 59.8 Å². The van der Waals surface area contributed by atoms with E-state index >= 15 is 0 Å². The molecule has 0 aromatic heterocycles. The Balaban J connectivity index is 1.85. The van der Waals surface area contributed by atoms with Crippen LogP contribution in [-0.2, 0) is 9.59 Å². The number of ketones is 1. The van der Waals surface area contributed by atoms with Gasteiger partial charge in [-0.25, -0.2) is 10.0 Å². The van der Waals surface area contributed by atoms with Crippen LogP contribution in [0.25, 0.3) is 0 Å². The number of hydrogen-bond donors (Lipinski definition) is 0. The Kier molecular flexibility index (Phi) is 5.52. The van der Waals surface area contributed by atoms with Crippen LogP contribution >= 0.6 is 23.2 Å². The predicted molar refractivity (Wildman–Crippen MR) is 115 cm³/mol. The number of Topliss-reactive ketones (excluding diaryl/α,β-unsaturated/α-hetero) is 1. The van der Waals surface area contributed by atoms with Crippen LogP contribution in [0.3, 0.4) is 0 Å². The number of carbonyl (C=O) groups is 2. The summed E-state index contributed by atoms with van der Waals surface area (Å²) in [5, 5.41) is 4.25. The smallest absolute Gasteiger partial charge is 0.242 e. The molecule has 2 aromatic rings. The Morgan fingerprint density at radius 1 is 0.931 bits per heavy atom. The molecule has 1 heterocycles. The Labute approximate surface area is 180 Å². The predicted octanol–water partition coefficient (Wildman–Crippen LogP) is 5.19. The number of nitrogens with zero attached hydrogens (tertiary/aromatic N) is 2. The van der Waals surface area contributed by atoms with Gasteiger partial charge in [0.15, 0.2) is 5.78 Å². The van der Waals surface area contributed by atoms with Crippen LogP contribution in [-0.4, -0.2) is 35.8 Å². The minimum Gasteiger partial charge on any atom is -0.294 e. The molecule has 0 saturated carbocycles. The normalized spacial score (nSPS) is 22.3. The standard InChI is InChI=1S/C23H22Cl2N2O2/c1-26(2)27-19-11-15(14-7-4-3-5-8-14)12-20(28)22(19)17(13-21(27)29)16-9-6-10-18(24)23(16)25/h3-10,15,17H,11-13H2,1-2H3/t15-,17+/m1/s1. The molecule has 150 valence electrons. The van der Waals surface area contributed by atoms with Crippen LogP contribution in [0.2, 0.25) is 10.0 Å². The van der Waals surface area contributed by atoms with Crippen molar-refractivity contribution in [1.29, 1.82) is 0 Å². The molecule has 2 atom stereocenters. The summed E-state index contributed by atoms with van der Waals surface area (Å²) in [4.78, 5) is 26.5. The number of allylic oxidation sites excluding steroid dienone is 2. The van der Waals surface area contributed by atoms with Gasteiger partial charge in [-0.1, -0.05) is 65.7 Å². The molecular formula is C23H22Cl2N2O2. The SMILES string of the molecule is CN(C)N1C(=O)C[C@@H](c2cccc(Cl)c2Cl)C2=C1C[C@@H](c1ccccc1)CC2=O. The van der Waals surface area contributed by atoms with Gasteiger partial charge in [0.25, 0.3) is 0 Å². The van der Waals surface area contributed by atoms with Crippen molar-refractivity contribution < 1.29 is 9.59 Å². The average molecular weight is 429 g/mol. The second kappa shape index (κ2) is 7.94. The van der Waals surface area contributed by atoms with Crippen molar-refractivity contribution in [3.05, 3.63) is 81.0 Å². The Hall–Kier alpha value is -2.14. The third-order valence-corrected chi connectivity index (χ3v) is 6.56. The lowest BCUT2D eigenvalue weighted by Crippen LogP contribution is -2.48. The zero-order valence-electron chi connectivity index (χ0n) is 16.4. The monoisotopic (exact) mass is 428 g/mol. The van der Waals surface area contributed by atoms with Crippen molar-refractivity contribution in [2.75, 3.05) is 14.1 Å². The first kappa shape index (κ1) is 20.1. The first-order valence-corrected chi connectivity index (χ1v) is 10.4.